The molecule has 2 aliphatic heterocycles. The molecule has 0 aromatic heterocycles. The molecular weight excluding hydrogens is 372 g/mol. The minimum atomic E-state index is -0.448. The molecule has 142 valence electrons. The van der Waals surface area contributed by atoms with Gasteiger partial charge in [-0.2, -0.15) is 0 Å². The number of amides is 2. The summed E-state index contributed by atoms with van der Waals surface area (Å²) >= 11 is 1.24. The smallest absolute Gasteiger partial charge is 0.258 e. The Labute approximate surface area is 167 Å². The van der Waals surface area contributed by atoms with E-state index in [1.165, 1.54) is 16.7 Å². The van der Waals surface area contributed by atoms with Gasteiger partial charge < -0.3 is 5.32 Å². The molecule has 0 bridgehead atoms. The number of carbonyl (C=O) groups excluding carboxylic acids is 2. The molecule has 28 heavy (non-hydrogen) atoms. The highest BCUT2D eigenvalue weighted by Gasteiger charge is 2.39. The Morgan fingerprint density at radius 3 is 2.79 bits per heavy atom. The van der Waals surface area contributed by atoms with Gasteiger partial charge in [-0.25, -0.2) is 9.89 Å². The molecule has 0 spiro atoms. The van der Waals surface area contributed by atoms with Gasteiger partial charge in [-0.3, -0.25) is 14.6 Å². The van der Waals surface area contributed by atoms with E-state index < -0.39 is 6.04 Å². The molecule has 2 aromatic rings. The predicted molar refractivity (Wildman–Crippen MR) is 113 cm³/mol. The first-order valence-corrected chi connectivity index (χ1v) is 10.0. The number of amidine groups is 2. The Bertz CT molecular complexity index is 1040. The van der Waals surface area contributed by atoms with Gasteiger partial charge in [-0.1, -0.05) is 41.6 Å². The van der Waals surface area contributed by atoms with E-state index in [9.17, 15) is 9.59 Å². The lowest BCUT2D eigenvalue weighted by Gasteiger charge is -2.25. The summed E-state index contributed by atoms with van der Waals surface area (Å²) in [7, 11) is 0. The Kier molecular flexibility index (Phi) is 4.77. The number of aliphatic imine (C=N–C) groups is 2. The van der Waals surface area contributed by atoms with Crippen molar-refractivity contribution in [2.45, 2.75) is 26.8 Å². The van der Waals surface area contributed by atoms with Gasteiger partial charge in [0, 0.05) is 11.3 Å². The third-order valence-corrected chi connectivity index (χ3v) is 5.58. The van der Waals surface area contributed by atoms with E-state index in [0.29, 0.717) is 11.0 Å². The van der Waals surface area contributed by atoms with E-state index in [4.69, 9.17) is 0 Å². The molecule has 7 heteroatoms. The molecule has 2 aromatic carbocycles. The molecule has 0 saturated heterocycles. The number of benzene rings is 2. The minimum absolute atomic E-state index is 0.120. The van der Waals surface area contributed by atoms with Crippen LogP contribution < -0.4 is 5.32 Å². The summed E-state index contributed by atoms with van der Waals surface area (Å²) in [6.07, 6.45) is 0. The van der Waals surface area contributed by atoms with Crippen LogP contribution in [0, 0.1) is 13.8 Å². The second-order valence-corrected chi connectivity index (χ2v) is 7.81. The summed E-state index contributed by atoms with van der Waals surface area (Å²) in [5.74, 6) is 0.502. The molecule has 6 nitrogen and oxygen atoms in total. The van der Waals surface area contributed by atoms with Crippen LogP contribution in [0.2, 0.25) is 0 Å². The molecule has 0 aliphatic carbocycles. The van der Waals surface area contributed by atoms with Gasteiger partial charge in [-0.05, 0) is 44.5 Å². The monoisotopic (exact) mass is 392 g/mol. The summed E-state index contributed by atoms with van der Waals surface area (Å²) in [5.41, 5.74) is 4.55. The van der Waals surface area contributed by atoms with Crippen molar-refractivity contribution in [3.05, 3.63) is 59.2 Å². The number of fused-ring (bicyclic) bond motifs is 3. The molecule has 1 atom stereocenters. The third-order valence-electron chi connectivity index (χ3n) is 4.65. The predicted octanol–water partition coefficient (Wildman–Crippen LogP) is 3.65. The Morgan fingerprint density at radius 2 is 2.00 bits per heavy atom. The van der Waals surface area contributed by atoms with E-state index in [2.05, 4.69) is 15.3 Å². The van der Waals surface area contributed by atoms with Crippen LogP contribution in [0.1, 0.15) is 23.6 Å². The van der Waals surface area contributed by atoms with Crippen molar-refractivity contribution in [3.8, 4) is 0 Å². The van der Waals surface area contributed by atoms with Gasteiger partial charge in [-0.15, -0.1) is 0 Å². The van der Waals surface area contributed by atoms with Gasteiger partial charge in [0.15, 0.2) is 5.17 Å². The summed E-state index contributed by atoms with van der Waals surface area (Å²) in [4.78, 5) is 35.7. The lowest BCUT2D eigenvalue weighted by molar-refractivity contribution is -0.124. The highest BCUT2D eigenvalue weighted by molar-refractivity contribution is 8.14. The number of anilines is 1. The number of hydrogen-bond donors (Lipinski definition) is 1. The van der Waals surface area contributed by atoms with Gasteiger partial charge in [0.25, 0.3) is 5.91 Å². The molecule has 2 heterocycles. The van der Waals surface area contributed by atoms with Gasteiger partial charge >= 0.3 is 0 Å². The third kappa shape index (κ3) is 3.33. The molecule has 4 rings (SSSR count). The number of nitrogens with one attached hydrogen (secondary N) is 1. The zero-order valence-corrected chi connectivity index (χ0v) is 16.7. The Balaban J connectivity index is 1.53. The largest absolute Gasteiger partial charge is 0.325 e. The fourth-order valence-electron chi connectivity index (χ4n) is 3.24. The van der Waals surface area contributed by atoms with Crippen LogP contribution in [0.5, 0.6) is 0 Å². The lowest BCUT2D eigenvalue weighted by Crippen LogP contribution is -2.41. The molecule has 0 fully saturated rings. The molecule has 1 N–H and O–H groups in total. The first-order valence-electron chi connectivity index (χ1n) is 9.04. The first-order chi connectivity index (χ1) is 13.4. The quantitative estimate of drug-likeness (QED) is 0.866. The summed E-state index contributed by atoms with van der Waals surface area (Å²) < 4.78 is 0. The van der Waals surface area contributed by atoms with Crippen molar-refractivity contribution in [1.82, 2.24) is 4.90 Å². The average molecular weight is 392 g/mol. The van der Waals surface area contributed by atoms with Crippen molar-refractivity contribution in [2.75, 3.05) is 11.1 Å². The first kappa shape index (κ1) is 18.4. The lowest BCUT2D eigenvalue weighted by atomic mass is 10.1. The molecule has 2 aliphatic rings. The molecule has 0 radical (unpaired) electrons. The maximum Gasteiger partial charge on any atom is 0.258 e. The van der Waals surface area contributed by atoms with E-state index in [0.717, 1.165) is 28.1 Å². The van der Waals surface area contributed by atoms with Gasteiger partial charge in [0.05, 0.1) is 11.4 Å². The topological polar surface area (TPSA) is 74.1 Å². The molecule has 0 saturated carbocycles. The standard InChI is InChI=1S/C21H20N4O2S/c1-12-8-9-16(13(2)10-12)23-18(26)11-28-21-24-17-7-5-4-6-15(17)19-22-14(3)20(27)25(19)21/h4-10,14H,11H2,1-3H3,(H,23,26). The van der Waals surface area contributed by atoms with Crippen molar-refractivity contribution >= 4 is 46.0 Å². The highest BCUT2D eigenvalue weighted by atomic mass is 32.2. The fraction of sp³-hybridized carbons (Fsp3) is 0.238. The van der Waals surface area contributed by atoms with E-state index in [1.54, 1.807) is 6.92 Å². The van der Waals surface area contributed by atoms with Crippen molar-refractivity contribution in [1.29, 1.82) is 0 Å². The fourth-order valence-corrected chi connectivity index (χ4v) is 4.04. The summed E-state index contributed by atoms with van der Waals surface area (Å²) in [6, 6.07) is 13.0. The zero-order chi connectivity index (χ0) is 19.8. The number of thioether (sulfide) groups is 1. The number of carbonyl (C=O) groups is 2. The van der Waals surface area contributed by atoms with Crippen LogP contribution in [-0.2, 0) is 9.59 Å². The molecule has 2 amide bonds. The van der Waals surface area contributed by atoms with E-state index >= 15 is 0 Å². The maximum atomic E-state index is 12.6. The second-order valence-electron chi connectivity index (χ2n) is 6.87. The van der Waals surface area contributed by atoms with Crippen molar-refractivity contribution in [3.63, 3.8) is 0 Å². The summed E-state index contributed by atoms with van der Waals surface area (Å²) in [5, 5.41) is 3.42. The highest BCUT2D eigenvalue weighted by Crippen LogP contribution is 2.33. The van der Waals surface area contributed by atoms with E-state index in [-0.39, 0.29) is 17.6 Å². The van der Waals surface area contributed by atoms with E-state index in [1.807, 2.05) is 56.3 Å². The number of para-hydroxylation sites is 1. The number of hydrogen-bond acceptors (Lipinski definition) is 5. The zero-order valence-electron chi connectivity index (χ0n) is 15.9. The maximum absolute atomic E-state index is 12.6. The number of rotatable bonds is 3. The van der Waals surface area contributed by atoms with Crippen molar-refractivity contribution < 1.29 is 9.59 Å². The minimum Gasteiger partial charge on any atom is -0.325 e. The second kappa shape index (κ2) is 7.24. The van der Waals surface area contributed by atoms with Crippen LogP contribution in [0.4, 0.5) is 11.4 Å². The molecule has 1 unspecified atom stereocenters. The number of nitrogens with zero attached hydrogens (tertiary/aromatic N) is 3. The average Bonchev–Trinajstić information content (AvgIpc) is 2.97. The van der Waals surface area contributed by atoms with Crippen LogP contribution in [-0.4, -0.2) is 39.5 Å². The van der Waals surface area contributed by atoms with Crippen LogP contribution in [0.25, 0.3) is 0 Å². The van der Waals surface area contributed by atoms with Crippen LogP contribution in [0.3, 0.4) is 0 Å². The molecular formula is C21H20N4O2S. The van der Waals surface area contributed by atoms with Crippen molar-refractivity contribution in [2.24, 2.45) is 9.98 Å². The number of aryl methyl sites for hydroxylation is 2. The Morgan fingerprint density at radius 1 is 1.21 bits per heavy atom. The van der Waals surface area contributed by atoms with Gasteiger partial charge in [0.1, 0.15) is 11.9 Å². The van der Waals surface area contributed by atoms with Crippen LogP contribution in [0.15, 0.2) is 52.4 Å². The summed E-state index contributed by atoms with van der Waals surface area (Å²) in [6.45, 7) is 5.75. The Hall–Kier alpha value is -2.93. The normalized spacial score (nSPS) is 17.6. The SMILES string of the molecule is Cc1ccc(NC(=O)CSC2=Nc3ccccc3C3=NC(C)C(=O)N23)c(C)c1. The van der Waals surface area contributed by atoms with Crippen LogP contribution >= 0.6 is 11.8 Å². The van der Waals surface area contributed by atoms with Gasteiger partial charge in [0.2, 0.25) is 5.91 Å².